The predicted molar refractivity (Wildman–Crippen MR) is 57.9 cm³/mol. The first-order valence-electron chi connectivity index (χ1n) is 5.09. The molecule has 0 saturated carbocycles. The van der Waals surface area contributed by atoms with Crippen molar-refractivity contribution in [1.29, 1.82) is 0 Å². The lowest BCUT2D eigenvalue weighted by Crippen LogP contribution is -2.04. The van der Waals surface area contributed by atoms with Crippen molar-refractivity contribution in [3.8, 4) is 5.75 Å². The minimum atomic E-state index is -0.287. The lowest BCUT2D eigenvalue weighted by atomic mass is 10.2. The molecule has 0 aliphatic rings. The Morgan fingerprint density at radius 2 is 2.19 bits per heavy atom. The summed E-state index contributed by atoms with van der Waals surface area (Å²) in [6.07, 6.45) is 0.868. The maximum absolute atomic E-state index is 13.1. The molecule has 0 aliphatic carbocycles. The van der Waals surface area contributed by atoms with Gasteiger partial charge in [0.2, 0.25) is 0 Å². The Morgan fingerprint density at radius 1 is 1.44 bits per heavy atom. The van der Waals surface area contributed by atoms with Crippen molar-refractivity contribution in [2.45, 2.75) is 19.8 Å². The second-order valence-electron chi connectivity index (χ2n) is 3.44. The third-order valence-electron chi connectivity index (χ3n) is 2.16. The van der Waals surface area contributed by atoms with Crippen LogP contribution in [0.15, 0.2) is 18.2 Å². The topological polar surface area (TPSA) is 35.5 Å². The fourth-order valence-corrected chi connectivity index (χ4v) is 1.17. The van der Waals surface area contributed by atoms with Gasteiger partial charge in [-0.05, 0) is 25.0 Å². The zero-order valence-electron chi connectivity index (χ0n) is 9.46. The molecule has 0 atom stereocenters. The summed E-state index contributed by atoms with van der Waals surface area (Å²) in [7, 11) is 1.35. The number of aryl methyl sites for hydroxylation is 1. The Kier molecular flexibility index (Phi) is 4.76. The Balaban J connectivity index is 2.32. The van der Waals surface area contributed by atoms with Crippen LogP contribution in [0.4, 0.5) is 4.39 Å². The van der Waals surface area contributed by atoms with Crippen molar-refractivity contribution in [1.82, 2.24) is 0 Å². The van der Waals surface area contributed by atoms with Crippen molar-refractivity contribution >= 4 is 5.97 Å². The number of halogens is 1. The molecule has 0 saturated heterocycles. The van der Waals surface area contributed by atoms with Gasteiger partial charge in [0.05, 0.1) is 13.7 Å². The predicted octanol–water partition coefficient (Wildman–Crippen LogP) is 2.47. The lowest BCUT2D eigenvalue weighted by molar-refractivity contribution is -0.140. The van der Waals surface area contributed by atoms with Crippen LogP contribution in [-0.2, 0) is 9.53 Å². The highest BCUT2D eigenvalue weighted by Crippen LogP contribution is 2.16. The van der Waals surface area contributed by atoms with E-state index >= 15 is 0 Å². The molecule has 0 heterocycles. The van der Waals surface area contributed by atoms with Crippen molar-refractivity contribution in [3.05, 3.63) is 29.6 Å². The molecule has 1 rings (SSSR count). The molecule has 3 nitrogen and oxygen atoms in total. The molecule has 88 valence electrons. The first kappa shape index (κ1) is 12.5. The fourth-order valence-electron chi connectivity index (χ4n) is 1.17. The summed E-state index contributed by atoms with van der Waals surface area (Å²) < 4.78 is 22.9. The molecule has 1 aromatic carbocycles. The van der Waals surface area contributed by atoms with Gasteiger partial charge in [-0.3, -0.25) is 4.79 Å². The van der Waals surface area contributed by atoms with Gasteiger partial charge >= 0.3 is 5.97 Å². The number of methoxy groups -OCH3 is 1. The van der Waals surface area contributed by atoms with Crippen LogP contribution in [0.3, 0.4) is 0 Å². The van der Waals surface area contributed by atoms with E-state index in [0.29, 0.717) is 30.8 Å². The number of ether oxygens (including phenoxy) is 2. The molecule has 0 amide bonds. The van der Waals surface area contributed by atoms with Gasteiger partial charge in [-0.2, -0.15) is 0 Å². The van der Waals surface area contributed by atoms with E-state index < -0.39 is 0 Å². The first-order chi connectivity index (χ1) is 7.63. The zero-order chi connectivity index (χ0) is 12.0. The summed E-state index contributed by atoms with van der Waals surface area (Å²) in [5.74, 6) is -0.0721. The molecular weight excluding hydrogens is 211 g/mol. The van der Waals surface area contributed by atoms with Gasteiger partial charge < -0.3 is 9.47 Å². The van der Waals surface area contributed by atoms with E-state index in [-0.39, 0.29) is 11.8 Å². The van der Waals surface area contributed by atoms with Gasteiger partial charge in [0.25, 0.3) is 0 Å². The second-order valence-corrected chi connectivity index (χ2v) is 3.44. The van der Waals surface area contributed by atoms with E-state index in [9.17, 15) is 9.18 Å². The van der Waals surface area contributed by atoms with Crippen LogP contribution < -0.4 is 4.74 Å². The minimum absolute atomic E-state index is 0.265. The quantitative estimate of drug-likeness (QED) is 0.571. The highest BCUT2D eigenvalue weighted by Gasteiger charge is 2.02. The van der Waals surface area contributed by atoms with E-state index in [1.54, 1.807) is 19.1 Å². The first-order valence-corrected chi connectivity index (χ1v) is 5.09. The van der Waals surface area contributed by atoms with Gasteiger partial charge in [0, 0.05) is 12.5 Å². The minimum Gasteiger partial charge on any atom is -0.493 e. The molecule has 0 N–H and O–H groups in total. The van der Waals surface area contributed by atoms with Crippen molar-refractivity contribution in [2.75, 3.05) is 13.7 Å². The summed E-state index contributed by atoms with van der Waals surface area (Å²) in [5.41, 5.74) is 0.585. The van der Waals surface area contributed by atoms with Gasteiger partial charge in [0.15, 0.2) is 0 Å². The molecule has 4 heteroatoms. The van der Waals surface area contributed by atoms with Gasteiger partial charge in [-0.1, -0.05) is 6.07 Å². The van der Waals surface area contributed by atoms with Crippen LogP contribution >= 0.6 is 0 Å². The summed E-state index contributed by atoms with van der Waals surface area (Å²) >= 11 is 0. The smallest absolute Gasteiger partial charge is 0.305 e. The van der Waals surface area contributed by atoms with E-state index in [0.717, 1.165) is 0 Å². The molecule has 0 spiro atoms. The van der Waals surface area contributed by atoms with Crippen LogP contribution in [0.25, 0.3) is 0 Å². The maximum atomic E-state index is 13.1. The normalized spacial score (nSPS) is 9.94. The standard InChI is InChI=1S/C12H15FO3/c1-9-5-6-10(8-11(9)13)16-7-3-4-12(14)15-2/h5-6,8H,3-4,7H2,1-2H3. The van der Waals surface area contributed by atoms with E-state index in [1.165, 1.54) is 13.2 Å². The molecular formula is C12H15FO3. The Morgan fingerprint density at radius 3 is 2.81 bits per heavy atom. The van der Waals surface area contributed by atoms with Crippen LogP contribution in [-0.4, -0.2) is 19.7 Å². The van der Waals surface area contributed by atoms with Crippen LogP contribution in [0.2, 0.25) is 0 Å². The summed E-state index contributed by atoms with van der Waals surface area (Å²) in [4.78, 5) is 10.8. The third-order valence-corrected chi connectivity index (χ3v) is 2.16. The Hall–Kier alpha value is -1.58. The molecule has 0 unspecified atom stereocenters. The van der Waals surface area contributed by atoms with E-state index in [2.05, 4.69) is 4.74 Å². The molecule has 0 aliphatic heterocycles. The summed E-state index contributed by atoms with van der Waals surface area (Å²) in [6.45, 7) is 2.06. The number of carbonyl (C=O) groups is 1. The average molecular weight is 226 g/mol. The van der Waals surface area contributed by atoms with Crippen LogP contribution in [0, 0.1) is 12.7 Å². The Labute approximate surface area is 94.2 Å². The SMILES string of the molecule is COC(=O)CCCOc1ccc(C)c(F)c1. The van der Waals surface area contributed by atoms with Gasteiger partial charge in [-0.25, -0.2) is 4.39 Å². The highest BCUT2D eigenvalue weighted by atomic mass is 19.1. The van der Waals surface area contributed by atoms with Crippen LogP contribution in [0.5, 0.6) is 5.75 Å². The molecule has 0 bridgehead atoms. The zero-order valence-corrected chi connectivity index (χ0v) is 9.46. The number of hydrogen-bond acceptors (Lipinski definition) is 3. The molecule has 16 heavy (non-hydrogen) atoms. The lowest BCUT2D eigenvalue weighted by Gasteiger charge is -2.06. The number of benzene rings is 1. The van der Waals surface area contributed by atoms with Crippen LogP contribution in [0.1, 0.15) is 18.4 Å². The summed E-state index contributed by atoms with van der Waals surface area (Å²) in [6, 6.07) is 4.70. The molecule has 1 aromatic rings. The third kappa shape index (κ3) is 3.88. The number of hydrogen-bond donors (Lipinski definition) is 0. The van der Waals surface area contributed by atoms with E-state index in [4.69, 9.17) is 4.74 Å². The number of carbonyl (C=O) groups excluding carboxylic acids is 1. The Bertz CT molecular complexity index is 363. The molecule has 0 aromatic heterocycles. The van der Waals surface area contributed by atoms with E-state index in [1.807, 2.05) is 0 Å². The van der Waals surface area contributed by atoms with Gasteiger partial charge in [0.1, 0.15) is 11.6 Å². The number of rotatable bonds is 5. The largest absolute Gasteiger partial charge is 0.493 e. The number of esters is 1. The van der Waals surface area contributed by atoms with Crippen molar-refractivity contribution in [3.63, 3.8) is 0 Å². The monoisotopic (exact) mass is 226 g/mol. The fraction of sp³-hybridized carbons (Fsp3) is 0.417. The second kappa shape index (κ2) is 6.10. The van der Waals surface area contributed by atoms with Crippen molar-refractivity contribution in [2.24, 2.45) is 0 Å². The molecule has 0 fully saturated rings. The van der Waals surface area contributed by atoms with Crippen molar-refractivity contribution < 1.29 is 18.7 Å². The van der Waals surface area contributed by atoms with Gasteiger partial charge in [-0.15, -0.1) is 0 Å². The average Bonchev–Trinajstić information content (AvgIpc) is 2.28. The highest BCUT2D eigenvalue weighted by molar-refractivity contribution is 5.69. The summed E-state index contributed by atoms with van der Waals surface area (Å²) in [5, 5.41) is 0. The maximum Gasteiger partial charge on any atom is 0.305 e. The molecule has 0 radical (unpaired) electrons.